The van der Waals surface area contributed by atoms with Crippen molar-refractivity contribution in [1.29, 1.82) is 0 Å². The molecule has 0 fully saturated rings. The fraction of sp³-hybridized carbons (Fsp3) is 0.250. The summed E-state index contributed by atoms with van der Waals surface area (Å²) >= 11 is 0. The fourth-order valence-electron chi connectivity index (χ4n) is 4.03. The number of fused-ring (bicyclic) bond motifs is 1. The van der Waals surface area contributed by atoms with E-state index in [2.05, 4.69) is 66.9 Å². The van der Waals surface area contributed by atoms with Crippen molar-refractivity contribution in [2.45, 2.75) is 32.7 Å². The maximum atomic E-state index is 10.8. The first-order chi connectivity index (χ1) is 12.6. The molecule has 0 radical (unpaired) electrons. The van der Waals surface area contributed by atoms with Crippen LogP contribution >= 0.6 is 0 Å². The molecule has 0 heterocycles. The van der Waals surface area contributed by atoms with Gasteiger partial charge in [0.25, 0.3) is 0 Å². The number of allylic oxidation sites excluding steroid dienone is 3. The van der Waals surface area contributed by atoms with Crippen molar-refractivity contribution in [1.82, 2.24) is 5.32 Å². The molecule has 2 aliphatic carbocycles. The minimum absolute atomic E-state index is 0.0119. The third kappa shape index (κ3) is 3.02. The Hall–Kier alpha value is -2.58. The van der Waals surface area contributed by atoms with Crippen LogP contribution in [0.1, 0.15) is 46.7 Å². The molecule has 26 heavy (non-hydrogen) atoms. The van der Waals surface area contributed by atoms with Gasteiger partial charge in [-0.2, -0.15) is 0 Å². The van der Waals surface area contributed by atoms with Crippen LogP contribution in [0.2, 0.25) is 0 Å². The van der Waals surface area contributed by atoms with Gasteiger partial charge in [0.15, 0.2) is 0 Å². The van der Waals surface area contributed by atoms with Crippen molar-refractivity contribution in [3.63, 3.8) is 0 Å². The summed E-state index contributed by atoms with van der Waals surface area (Å²) in [5.74, 6) is 0.419. The molecule has 4 rings (SSSR count). The second kappa shape index (κ2) is 6.97. The van der Waals surface area contributed by atoms with Gasteiger partial charge in [0.1, 0.15) is 5.75 Å². The number of rotatable bonds is 4. The summed E-state index contributed by atoms with van der Waals surface area (Å²) in [5.41, 5.74) is 8.18. The molecular formula is C24H25NO. The van der Waals surface area contributed by atoms with Crippen LogP contribution in [0.5, 0.6) is 5.75 Å². The van der Waals surface area contributed by atoms with Crippen molar-refractivity contribution in [2.24, 2.45) is 0 Å². The second-order valence-corrected chi connectivity index (χ2v) is 7.26. The van der Waals surface area contributed by atoms with Gasteiger partial charge in [0, 0.05) is 12.1 Å². The average molecular weight is 343 g/mol. The SMILES string of the molecule is Cc1cc(C)c2c(c1O)C(NCC1=CC=CCC1)C(c1ccccc1)=C2. The molecule has 0 amide bonds. The Kier molecular flexibility index (Phi) is 4.52. The number of aryl methyl sites for hydroxylation is 2. The Labute approximate surface area is 155 Å². The molecular weight excluding hydrogens is 318 g/mol. The smallest absolute Gasteiger partial charge is 0.124 e. The number of phenols is 1. The lowest BCUT2D eigenvalue weighted by Gasteiger charge is -2.22. The standard InChI is InChI=1S/C24H25NO/c1-16-13-17(2)24(26)22-20(16)14-21(19-11-7-4-8-12-19)23(22)25-15-18-9-5-3-6-10-18/h3-5,7-9,11-14,23,25-26H,6,10,15H2,1-2H3. The van der Waals surface area contributed by atoms with Crippen molar-refractivity contribution in [2.75, 3.05) is 6.54 Å². The lowest BCUT2D eigenvalue weighted by atomic mass is 9.94. The summed E-state index contributed by atoms with van der Waals surface area (Å²) in [7, 11) is 0. The number of nitrogens with one attached hydrogen (secondary N) is 1. The van der Waals surface area contributed by atoms with Crippen LogP contribution in [0.4, 0.5) is 0 Å². The fourth-order valence-corrected chi connectivity index (χ4v) is 4.03. The molecule has 132 valence electrons. The van der Waals surface area contributed by atoms with Crippen LogP contribution in [0.3, 0.4) is 0 Å². The van der Waals surface area contributed by atoms with Gasteiger partial charge in [0.2, 0.25) is 0 Å². The molecule has 2 aromatic rings. The van der Waals surface area contributed by atoms with E-state index in [1.54, 1.807) is 0 Å². The van der Waals surface area contributed by atoms with Crippen molar-refractivity contribution < 1.29 is 5.11 Å². The highest BCUT2D eigenvalue weighted by Gasteiger charge is 2.30. The van der Waals surface area contributed by atoms with Crippen molar-refractivity contribution in [3.05, 3.63) is 88.0 Å². The lowest BCUT2D eigenvalue weighted by molar-refractivity contribution is 0.457. The summed E-state index contributed by atoms with van der Waals surface area (Å²) in [6, 6.07) is 12.6. The predicted molar refractivity (Wildman–Crippen MR) is 109 cm³/mol. The molecule has 2 aliphatic rings. The van der Waals surface area contributed by atoms with E-state index in [1.807, 2.05) is 13.0 Å². The van der Waals surface area contributed by atoms with Gasteiger partial charge in [-0.3, -0.25) is 0 Å². The van der Waals surface area contributed by atoms with Gasteiger partial charge >= 0.3 is 0 Å². The molecule has 0 spiro atoms. The minimum Gasteiger partial charge on any atom is -0.507 e. The predicted octanol–water partition coefficient (Wildman–Crippen LogP) is 5.47. The van der Waals surface area contributed by atoms with E-state index in [0.717, 1.165) is 36.1 Å². The van der Waals surface area contributed by atoms with Crippen LogP contribution in [0.25, 0.3) is 11.6 Å². The van der Waals surface area contributed by atoms with Crippen molar-refractivity contribution >= 4 is 11.6 Å². The van der Waals surface area contributed by atoms with E-state index in [4.69, 9.17) is 0 Å². The topological polar surface area (TPSA) is 32.3 Å². The summed E-state index contributed by atoms with van der Waals surface area (Å²) in [6.45, 7) is 4.95. The summed E-state index contributed by atoms with van der Waals surface area (Å²) < 4.78 is 0. The van der Waals surface area contributed by atoms with Gasteiger partial charge in [0.05, 0.1) is 6.04 Å². The van der Waals surface area contributed by atoms with Gasteiger partial charge in [-0.25, -0.2) is 0 Å². The molecule has 2 aromatic carbocycles. The first-order valence-corrected chi connectivity index (χ1v) is 9.33. The van der Waals surface area contributed by atoms with Gasteiger partial charge < -0.3 is 10.4 Å². The van der Waals surface area contributed by atoms with E-state index < -0.39 is 0 Å². The number of hydrogen-bond acceptors (Lipinski definition) is 2. The molecule has 0 aromatic heterocycles. The maximum absolute atomic E-state index is 10.8. The molecule has 0 saturated carbocycles. The highest BCUT2D eigenvalue weighted by molar-refractivity contribution is 5.93. The zero-order chi connectivity index (χ0) is 18.1. The molecule has 0 aliphatic heterocycles. The van der Waals surface area contributed by atoms with Gasteiger partial charge in [-0.15, -0.1) is 0 Å². The normalized spacial score (nSPS) is 18.5. The van der Waals surface area contributed by atoms with E-state index in [-0.39, 0.29) is 6.04 Å². The van der Waals surface area contributed by atoms with Crippen LogP contribution in [0.15, 0.2) is 60.2 Å². The summed E-state index contributed by atoms with van der Waals surface area (Å²) in [4.78, 5) is 0. The Morgan fingerprint density at radius 2 is 1.92 bits per heavy atom. The molecule has 2 heteroatoms. The third-order valence-corrected chi connectivity index (χ3v) is 5.42. The number of phenolic OH excluding ortho intramolecular Hbond substituents is 1. The monoisotopic (exact) mass is 343 g/mol. The van der Waals surface area contributed by atoms with Crippen LogP contribution in [-0.4, -0.2) is 11.7 Å². The van der Waals surface area contributed by atoms with E-state index >= 15 is 0 Å². The van der Waals surface area contributed by atoms with Crippen LogP contribution in [0, 0.1) is 13.8 Å². The minimum atomic E-state index is 0.0119. The number of aromatic hydroxyl groups is 1. The molecule has 1 atom stereocenters. The van der Waals surface area contributed by atoms with Gasteiger partial charge in [-0.05, 0) is 60.6 Å². The molecule has 2 N–H and O–H groups in total. The Morgan fingerprint density at radius 1 is 1.12 bits per heavy atom. The van der Waals surface area contributed by atoms with E-state index in [0.29, 0.717) is 5.75 Å². The Bertz CT molecular complexity index is 919. The van der Waals surface area contributed by atoms with Crippen LogP contribution < -0.4 is 5.32 Å². The summed E-state index contributed by atoms with van der Waals surface area (Å²) in [6.07, 6.45) is 11.0. The molecule has 0 saturated heterocycles. The first kappa shape index (κ1) is 16.9. The van der Waals surface area contributed by atoms with Crippen molar-refractivity contribution in [3.8, 4) is 5.75 Å². The third-order valence-electron chi connectivity index (χ3n) is 5.42. The Morgan fingerprint density at radius 3 is 2.65 bits per heavy atom. The van der Waals surface area contributed by atoms with Gasteiger partial charge in [-0.1, -0.05) is 60.2 Å². The average Bonchev–Trinajstić information content (AvgIpc) is 3.06. The highest BCUT2D eigenvalue weighted by atomic mass is 16.3. The zero-order valence-electron chi connectivity index (χ0n) is 15.4. The van der Waals surface area contributed by atoms with E-state index in [1.165, 1.54) is 22.3 Å². The second-order valence-electron chi connectivity index (χ2n) is 7.26. The maximum Gasteiger partial charge on any atom is 0.124 e. The quantitative estimate of drug-likeness (QED) is 0.771. The Balaban J connectivity index is 1.74. The highest BCUT2D eigenvalue weighted by Crippen LogP contribution is 2.46. The zero-order valence-corrected chi connectivity index (χ0v) is 15.4. The van der Waals surface area contributed by atoms with E-state index in [9.17, 15) is 5.11 Å². The lowest BCUT2D eigenvalue weighted by Crippen LogP contribution is -2.24. The molecule has 0 bridgehead atoms. The molecule has 2 nitrogen and oxygen atoms in total. The number of hydrogen-bond donors (Lipinski definition) is 2. The summed E-state index contributed by atoms with van der Waals surface area (Å²) in [5, 5.41) is 14.5. The van der Waals surface area contributed by atoms with Crippen LogP contribution in [-0.2, 0) is 0 Å². The number of benzene rings is 2. The first-order valence-electron chi connectivity index (χ1n) is 9.33. The largest absolute Gasteiger partial charge is 0.507 e. The molecule has 1 unspecified atom stereocenters.